The van der Waals surface area contributed by atoms with E-state index in [4.69, 9.17) is 4.74 Å². The number of ether oxygens (including phenoxy) is 1. The quantitative estimate of drug-likeness (QED) is 0.839. The van der Waals surface area contributed by atoms with E-state index in [-0.39, 0.29) is 18.1 Å². The van der Waals surface area contributed by atoms with E-state index in [1.165, 1.54) is 11.1 Å². The molecule has 1 aromatic rings. The number of amides is 1. The molecule has 2 atom stereocenters. The molecule has 2 N–H and O–H groups in total. The van der Waals surface area contributed by atoms with Crippen LogP contribution in [0.1, 0.15) is 24.5 Å². The molecule has 1 saturated heterocycles. The second-order valence-corrected chi connectivity index (χ2v) is 4.89. The van der Waals surface area contributed by atoms with Crippen LogP contribution in [0.5, 0.6) is 0 Å². The molecule has 19 heavy (non-hydrogen) atoms. The Morgan fingerprint density at radius 1 is 1.42 bits per heavy atom. The number of hydrogen-bond donors (Lipinski definition) is 2. The number of carbonyl (C=O) groups is 1. The Morgan fingerprint density at radius 2 is 2.16 bits per heavy atom. The fraction of sp³-hybridized carbons (Fsp3) is 0.533. The lowest BCUT2D eigenvalue weighted by atomic mass is 10.1. The summed E-state index contributed by atoms with van der Waals surface area (Å²) in [4.78, 5) is 12.1. The van der Waals surface area contributed by atoms with E-state index >= 15 is 0 Å². The van der Waals surface area contributed by atoms with Crippen molar-refractivity contribution in [2.24, 2.45) is 0 Å². The van der Waals surface area contributed by atoms with Crippen LogP contribution in [0, 0.1) is 0 Å². The van der Waals surface area contributed by atoms with Gasteiger partial charge >= 0.3 is 0 Å². The largest absolute Gasteiger partial charge is 0.380 e. The third-order valence-electron chi connectivity index (χ3n) is 3.69. The highest BCUT2D eigenvalue weighted by atomic mass is 16.5. The van der Waals surface area contributed by atoms with E-state index in [0.29, 0.717) is 6.54 Å². The molecule has 0 bridgehead atoms. The van der Waals surface area contributed by atoms with E-state index < -0.39 is 0 Å². The first-order valence-corrected chi connectivity index (χ1v) is 6.85. The van der Waals surface area contributed by atoms with Gasteiger partial charge in [0.1, 0.15) is 0 Å². The molecule has 1 aliphatic rings. The van der Waals surface area contributed by atoms with E-state index in [1.807, 2.05) is 12.1 Å². The maximum Gasteiger partial charge on any atom is 0.237 e. The van der Waals surface area contributed by atoms with Crippen LogP contribution in [0.15, 0.2) is 24.3 Å². The lowest BCUT2D eigenvalue weighted by Gasteiger charge is -2.13. The van der Waals surface area contributed by atoms with Gasteiger partial charge in [0.15, 0.2) is 0 Å². The number of hydrogen-bond acceptors (Lipinski definition) is 3. The number of nitrogens with one attached hydrogen (secondary N) is 2. The van der Waals surface area contributed by atoms with Crippen molar-refractivity contribution in [3.05, 3.63) is 35.4 Å². The normalized spacial score (nSPS) is 22.4. The maximum atomic E-state index is 12.1. The molecule has 4 nitrogen and oxygen atoms in total. The minimum absolute atomic E-state index is 0.0606. The maximum absolute atomic E-state index is 12.1. The second kappa shape index (κ2) is 6.68. The van der Waals surface area contributed by atoms with Crippen LogP contribution in [0.3, 0.4) is 0 Å². The summed E-state index contributed by atoms with van der Waals surface area (Å²) in [6, 6.07) is 8.09. The third kappa shape index (κ3) is 3.55. The van der Waals surface area contributed by atoms with Crippen molar-refractivity contribution in [3.63, 3.8) is 0 Å². The smallest absolute Gasteiger partial charge is 0.237 e. The van der Waals surface area contributed by atoms with Crippen molar-refractivity contribution in [2.45, 2.75) is 38.5 Å². The number of rotatable bonds is 5. The highest BCUT2D eigenvalue weighted by Crippen LogP contribution is 2.11. The summed E-state index contributed by atoms with van der Waals surface area (Å²) in [6.45, 7) is 3.47. The van der Waals surface area contributed by atoms with Gasteiger partial charge in [-0.05, 0) is 24.0 Å². The highest BCUT2D eigenvalue weighted by molar-refractivity contribution is 5.82. The highest BCUT2D eigenvalue weighted by Gasteiger charge is 2.28. The molecule has 0 spiro atoms. The van der Waals surface area contributed by atoms with Crippen LogP contribution in [-0.4, -0.2) is 31.7 Å². The monoisotopic (exact) mass is 262 g/mol. The zero-order chi connectivity index (χ0) is 13.7. The lowest BCUT2D eigenvalue weighted by Crippen LogP contribution is -2.40. The van der Waals surface area contributed by atoms with Gasteiger partial charge in [0.05, 0.1) is 12.1 Å². The van der Waals surface area contributed by atoms with Crippen molar-refractivity contribution in [3.8, 4) is 0 Å². The standard InChI is InChI=1S/C15H22N2O2/c1-3-11-6-4-5-7-12(11)9-17-15(18)14-8-13(19-2)10-16-14/h4-7,13-14,16H,3,8-10H2,1-2H3,(H,17,18). The minimum Gasteiger partial charge on any atom is -0.380 e. The molecule has 4 heteroatoms. The lowest BCUT2D eigenvalue weighted by molar-refractivity contribution is -0.123. The van der Waals surface area contributed by atoms with Crippen LogP contribution in [-0.2, 0) is 22.5 Å². The van der Waals surface area contributed by atoms with Crippen LogP contribution in [0.2, 0.25) is 0 Å². The van der Waals surface area contributed by atoms with Gasteiger partial charge in [0, 0.05) is 20.2 Å². The predicted octanol–water partition coefficient (Wildman–Crippen LogP) is 1.24. The molecule has 1 aromatic carbocycles. The van der Waals surface area contributed by atoms with Crippen LogP contribution < -0.4 is 10.6 Å². The summed E-state index contributed by atoms with van der Waals surface area (Å²) in [5.74, 6) is 0.0606. The van der Waals surface area contributed by atoms with Gasteiger partial charge in [-0.15, -0.1) is 0 Å². The summed E-state index contributed by atoms with van der Waals surface area (Å²) in [6.07, 6.45) is 1.88. The van der Waals surface area contributed by atoms with E-state index in [1.54, 1.807) is 7.11 Å². The summed E-state index contributed by atoms with van der Waals surface area (Å²) in [7, 11) is 1.68. The first-order chi connectivity index (χ1) is 9.24. The number of aryl methyl sites for hydroxylation is 1. The molecule has 2 rings (SSSR count). The van der Waals surface area contributed by atoms with Crippen molar-refractivity contribution in [1.29, 1.82) is 0 Å². The molecule has 0 aliphatic carbocycles. The van der Waals surface area contributed by atoms with Gasteiger partial charge in [-0.25, -0.2) is 0 Å². The first kappa shape index (κ1) is 14.0. The Hall–Kier alpha value is -1.39. The molecule has 1 aliphatic heterocycles. The van der Waals surface area contributed by atoms with Crippen molar-refractivity contribution in [1.82, 2.24) is 10.6 Å². The van der Waals surface area contributed by atoms with Gasteiger partial charge < -0.3 is 15.4 Å². The fourth-order valence-electron chi connectivity index (χ4n) is 2.46. The summed E-state index contributed by atoms with van der Waals surface area (Å²) in [5.41, 5.74) is 2.48. The van der Waals surface area contributed by atoms with Crippen molar-refractivity contribution < 1.29 is 9.53 Å². The third-order valence-corrected chi connectivity index (χ3v) is 3.69. The van der Waals surface area contributed by atoms with Gasteiger partial charge in [0.2, 0.25) is 5.91 Å². The molecule has 1 fully saturated rings. The topological polar surface area (TPSA) is 50.4 Å². The molecular weight excluding hydrogens is 240 g/mol. The molecule has 0 radical (unpaired) electrons. The summed E-state index contributed by atoms with van der Waals surface area (Å²) >= 11 is 0. The number of carbonyl (C=O) groups excluding carboxylic acids is 1. The Morgan fingerprint density at radius 3 is 2.79 bits per heavy atom. The van der Waals surface area contributed by atoms with Gasteiger partial charge in [0.25, 0.3) is 0 Å². The van der Waals surface area contributed by atoms with Crippen LogP contribution in [0.25, 0.3) is 0 Å². The average Bonchev–Trinajstić information content (AvgIpc) is 2.94. The molecule has 2 unspecified atom stereocenters. The average molecular weight is 262 g/mol. The molecule has 1 heterocycles. The molecule has 0 saturated carbocycles. The summed E-state index contributed by atoms with van der Waals surface area (Å²) in [5, 5.41) is 6.19. The molecule has 104 valence electrons. The van der Waals surface area contributed by atoms with E-state index in [0.717, 1.165) is 19.4 Å². The Bertz CT molecular complexity index is 434. The van der Waals surface area contributed by atoms with E-state index in [9.17, 15) is 4.79 Å². The Balaban J connectivity index is 1.87. The first-order valence-electron chi connectivity index (χ1n) is 6.85. The Labute approximate surface area is 114 Å². The molecule has 1 amide bonds. The van der Waals surface area contributed by atoms with Gasteiger partial charge in [-0.1, -0.05) is 31.2 Å². The van der Waals surface area contributed by atoms with Crippen molar-refractivity contribution >= 4 is 5.91 Å². The predicted molar refractivity (Wildman–Crippen MR) is 74.9 cm³/mol. The minimum atomic E-state index is -0.126. The van der Waals surface area contributed by atoms with Crippen LogP contribution >= 0.6 is 0 Å². The van der Waals surface area contributed by atoms with Gasteiger partial charge in [-0.3, -0.25) is 4.79 Å². The van der Waals surface area contributed by atoms with Crippen molar-refractivity contribution in [2.75, 3.05) is 13.7 Å². The fourth-order valence-corrected chi connectivity index (χ4v) is 2.46. The molecular formula is C15H22N2O2. The van der Waals surface area contributed by atoms with E-state index in [2.05, 4.69) is 29.7 Å². The van der Waals surface area contributed by atoms with Gasteiger partial charge in [-0.2, -0.15) is 0 Å². The zero-order valence-electron chi connectivity index (χ0n) is 11.6. The van der Waals surface area contributed by atoms with Crippen LogP contribution in [0.4, 0.5) is 0 Å². The zero-order valence-corrected chi connectivity index (χ0v) is 11.6. The number of methoxy groups -OCH3 is 1. The summed E-state index contributed by atoms with van der Waals surface area (Å²) < 4.78 is 5.25. The SMILES string of the molecule is CCc1ccccc1CNC(=O)C1CC(OC)CN1. The second-order valence-electron chi connectivity index (χ2n) is 4.89. The Kier molecular flexibility index (Phi) is 4.93. The molecule has 0 aromatic heterocycles. The number of benzene rings is 1.